The van der Waals surface area contributed by atoms with Crippen LogP contribution in [0.15, 0.2) is 18.3 Å². The van der Waals surface area contributed by atoms with E-state index in [9.17, 15) is 0 Å². The van der Waals surface area contributed by atoms with Crippen LogP contribution in [0.3, 0.4) is 0 Å². The highest BCUT2D eigenvalue weighted by molar-refractivity contribution is 5.35. The fourth-order valence-corrected chi connectivity index (χ4v) is 0.761. The molecule has 0 atom stereocenters. The van der Waals surface area contributed by atoms with Crippen LogP contribution in [0.5, 0.6) is 5.75 Å². The number of anilines is 1. The Morgan fingerprint density at radius 3 is 3.00 bits per heavy atom. The first-order valence-corrected chi connectivity index (χ1v) is 3.66. The Morgan fingerprint density at radius 2 is 2.33 bits per heavy atom. The van der Waals surface area contributed by atoms with Crippen molar-refractivity contribution in [3.63, 3.8) is 0 Å². The first-order chi connectivity index (χ1) is 5.83. The van der Waals surface area contributed by atoms with Crippen LogP contribution in [0.4, 0.5) is 5.82 Å². The van der Waals surface area contributed by atoms with Gasteiger partial charge in [-0.25, -0.2) is 4.98 Å². The second kappa shape index (κ2) is 4.56. The van der Waals surface area contributed by atoms with Crippen molar-refractivity contribution >= 4 is 5.82 Å². The highest BCUT2D eigenvalue weighted by Crippen LogP contribution is 2.11. The van der Waals surface area contributed by atoms with E-state index in [1.54, 1.807) is 25.4 Å². The number of aromatic nitrogens is 1. The van der Waals surface area contributed by atoms with Gasteiger partial charge in [0.25, 0.3) is 0 Å². The van der Waals surface area contributed by atoms with Gasteiger partial charge >= 0.3 is 0 Å². The molecule has 1 rings (SSSR count). The third-order valence-corrected chi connectivity index (χ3v) is 1.31. The van der Waals surface area contributed by atoms with Gasteiger partial charge < -0.3 is 15.2 Å². The molecule has 1 aromatic rings. The zero-order valence-electron chi connectivity index (χ0n) is 6.99. The second-order valence-electron chi connectivity index (χ2n) is 2.26. The highest BCUT2D eigenvalue weighted by Gasteiger charge is 1.93. The number of hydrogen-bond acceptors (Lipinski definition) is 4. The predicted octanol–water partition coefficient (Wildman–Crippen LogP) is 0.689. The summed E-state index contributed by atoms with van der Waals surface area (Å²) < 4.78 is 10.1. The maximum Gasteiger partial charge on any atom is 0.126 e. The van der Waals surface area contributed by atoms with Gasteiger partial charge in [0.2, 0.25) is 0 Å². The number of nitrogens with two attached hydrogens (primary N) is 1. The number of nitrogens with zero attached hydrogens (tertiary/aromatic N) is 1. The molecule has 0 fully saturated rings. The summed E-state index contributed by atoms with van der Waals surface area (Å²) in [5, 5.41) is 0. The van der Waals surface area contributed by atoms with Gasteiger partial charge in [-0.1, -0.05) is 0 Å². The van der Waals surface area contributed by atoms with Crippen molar-refractivity contribution < 1.29 is 9.47 Å². The molecule has 1 aromatic heterocycles. The molecule has 66 valence electrons. The van der Waals surface area contributed by atoms with Crippen molar-refractivity contribution in [2.45, 2.75) is 0 Å². The van der Waals surface area contributed by atoms with E-state index >= 15 is 0 Å². The van der Waals surface area contributed by atoms with E-state index in [-0.39, 0.29) is 0 Å². The fraction of sp³-hybridized carbons (Fsp3) is 0.375. The van der Waals surface area contributed by atoms with E-state index in [0.29, 0.717) is 19.0 Å². The summed E-state index contributed by atoms with van der Waals surface area (Å²) in [5.74, 6) is 1.18. The minimum Gasteiger partial charge on any atom is -0.491 e. The molecule has 0 saturated carbocycles. The molecule has 0 radical (unpaired) electrons. The summed E-state index contributed by atoms with van der Waals surface area (Å²) in [4.78, 5) is 3.83. The average molecular weight is 168 g/mol. The lowest BCUT2D eigenvalue weighted by Crippen LogP contribution is -2.04. The molecule has 0 bridgehead atoms. The highest BCUT2D eigenvalue weighted by atomic mass is 16.5. The fourth-order valence-electron chi connectivity index (χ4n) is 0.761. The molecule has 0 amide bonds. The smallest absolute Gasteiger partial charge is 0.126 e. The Kier molecular flexibility index (Phi) is 3.35. The number of methoxy groups -OCH3 is 1. The van der Waals surface area contributed by atoms with E-state index < -0.39 is 0 Å². The number of pyridine rings is 1. The van der Waals surface area contributed by atoms with Crippen molar-refractivity contribution in [2.24, 2.45) is 0 Å². The molecular formula is C8H12N2O2. The number of ether oxygens (including phenoxy) is 2. The Balaban J connectivity index is 2.41. The quantitative estimate of drug-likeness (QED) is 0.672. The van der Waals surface area contributed by atoms with E-state index in [1.807, 2.05) is 0 Å². The Labute approximate surface area is 71.3 Å². The third kappa shape index (κ3) is 2.75. The van der Waals surface area contributed by atoms with Gasteiger partial charge in [0.15, 0.2) is 0 Å². The minimum absolute atomic E-state index is 0.463. The third-order valence-electron chi connectivity index (χ3n) is 1.31. The molecule has 0 saturated heterocycles. The van der Waals surface area contributed by atoms with Crippen molar-refractivity contribution in [3.05, 3.63) is 18.3 Å². The Hall–Kier alpha value is -1.29. The minimum atomic E-state index is 0.463. The van der Waals surface area contributed by atoms with E-state index in [2.05, 4.69) is 4.98 Å². The summed E-state index contributed by atoms with van der Waals surface area (Å²) in [7, 11) is 1.63. The van der Waals surface area contributed by atoms with Crippen LogP contribution >= 0.6 is 0 Å². The van der Waals surface area contributed by atoms with Gasteiger partial charge in [-0.05, 0) is 6.07 Å². The second-order valence-corrected chi connectivity index (χ2v) is 2.26. The summed E-state index contributed by atoms with van der Waals surface area (Å²) in [6, 6.07) is 3.43. The normalized spacial score (nSPS) is 9.75. The van der Waals surface area contributed by atoms with E-state index in [4.69, 9.17) is 15.2 Å². The van der Waals surface area contributed by atoms with Crippen molar-refractivity contribution in [3.8, 4) is 5.75 Å². The zero-order valence-corrected chi connectivity index (χ0v) is 6.99. The SMILES string of the molecule is COCCOc1ccnc(N)c1. The molecular weight excluding hydrogens is 156 g/mol. The molecule has 0 aromatic carbocycles. The Morgan fingerprint density at radius 1 is 1.50 bits per heavy atom. The Bertz CT molecular complexity index is 240. The number of hydrogen-bond donors (Lipinski definition) is 1. The van der Waals surface area contributed by atoms with Crippen molar-refractivity contribution in [2.75, 3.05) is 26.1 Å². The molecule has 0 aliphatic rings. The summed E-state index contributed by atoms with van der Waals surface area (Å²) in [5.41, 5.74) is 5.44. The lowest BCUT2D eigenvalue weighted by Gasteiger charge is -2.04. The summed E-state index contributed by atoms with van der Waals surface area (Å²) >= 11 is 0. The molecule has 12 heavy (non-hydrogen) atoms. The lowest BCUT2D eigenvalue weighted by atomic mass is 10.4. The van der Waals surface area contributed by atoms with Crippen LogP contribution in [0.25, 0.3) is 0 Å². The van der Waals surface area contributed by atoms with Crippen molar-refractivity contribution in [1.82, 2.24) is 4.98 Å². The molecule has 4 heteroatoms. The maximum atomic E-state index is 5.44. The first kappa shape index (κ1) is 8.80. The van der Waals surface area contributed by atoms with Crippen LogP contribution in [0, 0.1) is 0 Å². The molecule has 1 heterocycles. The zero-order chi connectivity index (χ0) is 8.81. The van der Waals surface area contributed by atoms with Crippen molar-refractivity contribution in [1.29, 1.82) is 0 Å². The van der Waals surface area contributed by atoms with Crippen LogP contribution in [-0.2, 0) is 4.74 Å². The van der Waals surface area contributed by atoms with E-state index in [0.717, 1.165) is 5.75 Å². The lowest BCUT2D eigenvalue weighted by molar-refractivity contribution is 0.146. The van der Waals surface area contributed by atoms with Crippen LogP contribution in [0.1, 0.15) is 0 Å². The van der Waals surface area contributed by atoms with Gasteiger partial charge in [0.1, 0.15) is 18.2 Å². The number of nitrogen functional groups attached to an aromatic ring is 1. The molecule has 0 aliphatic carbocycles. The van der Waals surface area contributed by atoms with Crippen LogP contribution in [0.2, 0.25) is 0 Å². The topological polar surface area (TPSA) is 57.4 Å². The van der Waals surface area contributed by atoms with Crippen LogP contribution in [-0.4, -0.2) is 25.3 Å². The molecule has 4 nitrogen and oxygen atoms in total. The van der Waals surface area contributed by atoms with Crippen LogP contribution < -0.4 is 10.5 Å². The van der Waals surface area contributed by atoms with Gasteiger partial charge in [0.05, 0.1) is 6.61 Å². The molecule has 0 unspecified atom stereocenters. The molecule has 2 N–H and O–H groups in total. The monoisotopic (exact) mass is 168 g/mol. The summed E-state index contributed by atoms with van der Waals surface area (Å²) in [6.45, 7) is 1.10. The van der Waals surface area contributed by atoms with Gasteiger partial charge in [-0.2, -0.15) is 0 Å². The molecule has 0 spiro atoms. The number of rotatable bonds is 4. The van der Waals surface area contributed by atoms with Gasteiger partial charge in [0, 0.05) is 19.4 Å². The van der Waals surface area contributed by atoms with Gasteiger partial charge in [-0.3, -0.25) is 0 Å². The standard InChI is InChI=1S/C8H12N2O2/c1-11-4-5-12-7-2-3-10-8(9)6-7/h2-3,6H,4-5H2,1H3,(H2,9,10). The predicted molar refractivity (Wildman–Crippen MR) is 46.0 cm³/mol. The van der Waals surface area contributed by atoms with Gasteiger partial charge in [-0.15, -0.1) is 0 Å². The molecule has 0 aliphatic heterocycles. The maximum absolute atomic E-state index is 5.44. The summed E-state index contributed by atoms with van der Waals surface area (Å²) in [6.07, 6.45) is 1.61. The first-order valence-electron chi connectivity index (χ1n) is 3.66. The average Bonchev–Trinajstić information content (AvgIpc) is 2.05. The van der Waals surface area contributed by atoms with E-state index in [1.165, 1.54) is 0 Å². The largest absolute Gasteiger partial charge is 0.491 e.